The highest BCUT2D eigenvalue weighted by Crippen LogP contribution is 1.54. The number of carboxylic acid groups (broad SMARTS) is 1. The molecule has 0 aliphatic rings. The fourth-order valence-corrected chi connectivity index (χ4v) is 0.163. The Labute approximate surface area is 63.0 Å². The van der Waals surface area contributed by atoms with E-state index < -0.39 is 5.97 Å². The van der Waals surface area contributed by atoms with Crippen LogP contribution in [0.2, 0.25) is 0 Å². The maximum absolute atomic E-state index is 9.58. The third-order valence-electron chi connectivity index (χ3n) is 0.388. The molecule has 4 nitrogen and oxygen atoms in total. The zero-order valence-corrected chi connectivity index (χ0v) is 3.72. The third-order valence-corrected chi connectivity index (χ3v) is 0.388. The lowest BCUT2D eigenvalue weighted by molar-refractivity contribution is -0.136. The van der Waals surface area contributed by atoms with Gasteiger partial charge in [-0.1, -0.05) is 0 Å². The zero-order valence-electron chi connectivity index (χ0n) is 3.72. The van der Waals surface area contributed by atoms with Crippen molar-refractivity contribution in [3.63, 3.8) is 0 Å². The summed E-state index contributed by atoms with van der Waals surface area (Å²) >= 11 is 0. The molecule has 46 valence electrons. The molecule has 0 heterocycles. The average molecular weight is 131 g/mol. The lowest BCUT2D eigenvalue weighted by Crippen LogP contribution is -2.22. The number of nitrogens with one attached hydrogen (secondary N) is 1. The second-order valence-electron chi connectivity index (χ2n) is 0.979. The SMILES string of the molecule is O=C(O)CNCO.[MgH2]. The highest BCUT2D eigenvalue weighted by molar-refractivity contribution is 5.75. The first-order valence-electron chi connectivity index (χ1n) is 1.80. The Morgan fingerprint density at radius 3 is 2.25 bits per heavy atom. The minimum absolute atomic E-state index is 0. The molecule has 8 heavy (non-hydrogen) atoms. The Morgan fingerprint density at radius 2 is 2.12 bits per heavy atom. The third kappa shape index (κ3) is 9.48. The van der Waals surface area contributed by atoms with Gasteiger partial charge in [-0.25, -0.2) is 0 Å². The lowest BCUT2D eigenvalue weighted by atomic mass is 10.7. The number of rotatable bonds is 3. The summed E-state index contributed by atoms with van der Waals surface area (Å²) < 4.78 is 0. The topological polar surface area (TPSA) is 69.6 Å². The van der Waals surface area contributed by atoms with Crippen LogP contribution in [-0.2, 0) is 4.79 Å². The standard InChI is InChI=1S/C3H7NO3.Mg.2H/c5-2-4-1-3(6)7;;;/h4-5H,1-2H2,(H,6,7);;;. The van der Waals surface area contributed by atoms with Crippen LogP contribution in [0.5, 0.6) is 0 Å². The lowest BCUT2D eigenvalue weighted by Gasteiger charge is -1.90. The van der Waals surface area contributed by atoms with Gasteiger partial charge in [-0.05, 0) is 0 Å². The molecule has 3 N–H and O–H groups in total. The molecular formula is C3H9MgNO3. The van der Waals surface area contributed by atoms with Crippen LogP contribution in [0.15, 0.2) is 0 Å². The summed E-state index contributed by atoms with van der Waals surface area (Å²) in [4.78, 5) is 9.58. The molecular weight excluding hydrogens is 122 g/mol. The predicted molar refractivity (Wildman–Crippen MR) is 31.3 cm³/mol. The van der Waals surface area contributed by atoms with E-state index in [1.54, 1.807) is 0 Å². The smallest absolute Gasteiger partial charge is 0.317 e. The van der Waals surface area contributed by atoms with Gasteiger partial charge in [-0.3, -0.25) is 10.1 Å². The molecule has 0 unspecified atom stereocenters. The van der Waals surface area contributed by atoms with Crippen LogP contribution < -0.4 is 5.32 Å². The van der Waals surface area contributed by atoms with Crippen molar-refractivity contribution in [2.75, 3.05) is 13.3 Å². The summed E-state index contributed by atoms with van der Waals surface area (Å²) in [5, 5.41) is 18.0. The molecule has 0 aromatic heterocycles. The number of hydrogen-bond acceptors (Lipinski definition) is 3. The number of aliphatic hydroxyl groups is 1. The number of aliphatic carboxylic acids is 1. The van der Waals surface area contributed by atoms with E-state index in [4.69, 9.17) is 10.2 Å². The summed E-state index contributed by atoms with van der Waals surface area (Å²) in [5.74, 6) is -0.964. The Bertz CT molecular complexity index is 67.5. The minimum Gasteiger partial charge on any atom is -0.480 e. The monoisotopic (exact) mass is 131 g/mol. The Hall–Kier alpha value is 0.156. The highest BCUT2D eigenvalue weighted by atomic mass is 24.3. The van der Waals surface area contributed by atoms with E-state index in [-0.39, 0.29) is 36.3 Å². The van der Waals surface area contributed by atoms with Crippen LogP contribution in [0.1, 0.15) is 0 Å². The van der Waals surface area contributed by atoms with E-state index in [2.05, 4.69) is 5.32 Å². The first-order valence-corrected chi connectivity index (χ1v) is 1.80. The van der Waals surface area contributed by atoms with Gasteiger partial charge in [0, 0.05) is 0 Å². The zero-order chi connectivity index (χ0) is 5.70. The fraction of sp³-hybridized carbons (Fsp3) is 0.667. The molecule has 0 radical (unpaired) electrons. The fourth-order valence-electron chi connectivity index (χ4n) is 0.163. The van der Waals surface area contributed by atoms with Gasteiger partial charge in [0.2, 0.25) is 0 Å². The van der Waals surface area contributed by atoms with Crippen LogP contribution in [0, 0.1) is 0 Å². The van der Waals surface area contributed by atoms with Gasteiger partial charge >= 0.3 is 29.0 Å². The van der Waals surface area contributed by atoms with Gasteiger partial charge < -0.3 is 10.2 Å². The van der Waals surface area contributed by atoms with Crippen molar-refractivity contribution >= 4 is 29.0 Å². The maximum Gasteiger partial charge on any atom is 0.317 e. The Kier molecular flexibility index (Phi) is 9.86. The first-order chi connectivity index (χ1) is 3.27. The van der Waals surface area contributed by atoms with Gasteiger partial charge in [0.1, 0.15) is 0 Å². The molecule has 0 fully saturated rings. The van der Waals surface area contributed by atoms with Crippen molar-refractivity contribution in [1.29, 1.82) is 0 Å². The van der Waals surface area contributed by atoms with Crippen molar-refractivity contribution in [3.8, 4) is 0 Å². The van der Waals surface area contributed by atoms with Crippen LogP contribution in [-0.4, -0.2) is 52.5 Å². The largest absolute Gasteiger partial charge is 0.480 e. The highest BCUT2D eigenvalue weighted by Gasteiger charge is 1.89. The average Bonchev–Trinajstić information content (AvgIpc) is 1.61. The summed E-state index contributed by atoms with van der Waals surface area (Å²) in [6.45, 7) is -0.469. The second kappa shape index (κ2) is 7.16. The molecule has 0 amide bonds. The van der Waals surface area contributed by atoms with Gasteiger partial charge in [-0.15, -0.1) is 0 Å². The summed E-state index contributed by atoms with van der Waals surface area (Å²) in [5.41, 5.74) is 0. The van der Waals surface area contributed by atoms with Crippen LogP contribution in [0.4, 0.5) is 0 Å². The number of carbonyl (C=O) groups is 1. The Morgan fingerprint density at radius 1 is 1.62 bits per heavy atom. The molecule has 0 aliphatic heterocycles. The van der Waals surface area contributed by atoms with Crippen molar-refractivity contribution < 1.29 is 15.0 Å². The summed E-state index contributed by atoms with van der Waals surface area (Å²) in [7, 11) is 0. The second-order valence-corrected chi connectivity index (χ2v) is 0.979. The van der Waals surface area contributed by atoms with Crippen LogP contribution in [0.3, 0.4) is 0 Å². The number of carboxylic acids is 1. The van der Waals surface area contributed by atoms with Gasteiger partial charge in [0.25, 0.3) is 0 Å². The first kappa shape index (κ1) is 11.0. The molecule has 0 aromatic carbocycles. The quantitative estimate of drug-likeness (QED) is 0.297. The molecule has 0 rings (SSSR count). The van der Waals surface area contributed by atoms with E-state index in [0.29, 0.717) is 0 Å². The van der Waals surface area contributed by atoms with E-state index in [9.17, 15) is 4.79 Å². The molecule has 0 bridgehead atoms. The number of aliphatic hydroxyl groups excluding tert-OH is 1. The van der Waals surface area contributed by atoms with Crippen molar-refractivity contribution in [1.82, 2.24) is 5.32 Å². The van der Waals surface area contributed by atoms with Gasteiger partial charge in [-0.2, -0.15) is 0 Å². The molecule has 5 heteroatoms. The molecule has 0 saturated carbocycles. The van der Waals surface area contributed by atoms with Crippen molar-refractivity contribution in [2.45, 2.75) is 0 Å². The van der Waals surface area contributed by atoms with Crippen LogP contribution in [0.25, 0.3) is 0 Å². The normalized spacial score (nSPS) is 7.62. The molecule has 0 saturated heterocycles. The summed E-state index contributed by atoms with van der Waals surface area (Å²) in [6.07, 6.45) is 0. The molecule has 0 aliphatic carbocycles. The maximum atomic E-state index is 9.58. The predicted octanol–water partition coefficient (Wildman–Crippen LogP) is -2.31. The van der Waals surface area contributed by atoms with Crippen molar-refractivity contribution in [2.24, 2.45) is 0 Å². The van der Waals surface area contributed by atoms with E-state index in [1.165, 1.54) is 0 Å². The van der Waals surface area contributed by atoms with Crippen molar-refractivity contribution in [3.05, 3.63) is 0 Å². The minimum atomic E-state index is -0.964. The van der Waals surface area contributed by atoms with Gasteiger partial charge in [0.15, 0.2) is 0 Å². The Balaban J connectivity index is 0. The number of hydrogen-bond donors (Lipinski definition) is 3. The summed E-state index contributed by atoms with van der Waals surface area (Å²) in [6, 6.07) is 0. The van der Waals surface area contributed by atoms with Gasteiger partial charge in [0.05, 0.1) is 13.3 Å². The van der Waals surface area contributed by atoms with E-state index in [1.807, 2.05) is 0 Å². The van der Waals surface area contributed by atoms with E-state index in [0.717, 1.165) is 0 Å². The van der Waals surface area contributed by atoms with E-state index >= 15 is 0 Å². The van der Waals surface area contributed by atoms with Crippen LogP contribution >= 0.6 is 0 Å². The molecule has 0 spiro atoms. The molecule has 0 atom stereocenters. The molecule has 0 aromatic rings.